The number of aryl methyl sites for hydroxylation is 2. The number of carbonyl (C=O) groups excluding carboxylic acids is 1. The molecular formula is C17H17N5O. The Balaban J connectivity index is 1.76. The van der Waals surface area contributed by atoms with E-state index in [1.165, 1.54) is 0 Å². The van der Waals surface area contributed by atoms with E-state index in [2.05, 4.69) is 20.3 Å². The Hall–Kier alpha value is -3.02. The number of hydrogen-bond acceptors (Lipinski definition) is 4. The minimum atomic E-state index is -0.184. The van der Waals surface area contributed by atoms with E-state index >= 15 is 0 Å². The molecular weight excluding hydrogens is 290 g/mol. The van der Waals surface area contributed by atoms with Gasteiger partial charge in [-0.25, -0.2) is 15.0 Å². The number of amides is 1. The third-order valence-electron chi connectivity index (χ3n) is 3.68. The van der Waals surface area contributed by atoms with Crippen LogP contribution in [0.15, 0.2) is 43.0 Å². The molecule has 1 amide bonds. The number of benzene rings is 1. The van der Waals surface area contributed by atoms with E-state index in [1.54, 1.807) is 35.4 Å². The first-order chi connectivity index (χ1) is 11.0. The smallest absolute Gasteiger partial charge is 0.255 e. The number of hydrogen-bond donors (Lipinski definition) is 1. The summed E-state index contributed by atoms with van der Waals surface area (Å²) in [5.74, 6) is 0.340. The first-order valence-electron chi connectivity index (χ1n) is 7.25. The van der Waals surface area contributed by atoms with Gasteiger partial charge in [-0.05, 0) is 32.9 Å². The highest BCUT2D eigenvalue weighted by Crippen LogP contribution is 2.12. The standard InChI is InChI=1S/C17H17N5O/c1-11-4-6-14(7-5-11)16(23)21-15-8-18-17(19-9-15)22-10-20-12(2)13(22)3/h4-10H,1-3H3,(H,21,23). The molecule has 116 valence electrons. The molecule has 0 aliphatic rings. The maximum absolute atomic E-state index is 12.2. The summed E-state index contributed by atoms with van der Waals surface area (Å²) in [6, 6.07) is 7.38. The molecule has 0 saturated heterocycles. The van der Waals surface area contributed by atoms with Gasteiger partial charge in [0.1, 0.15) is 6.33 Å². The third kappa shape index (κ3) is 3.11. The summed E-state index contributed by atoms with van der Waals surface area (Å²) in [6.07, 6.45) is 4.86. The monoisotopic (exact) mass is 307 g/mol. The SMILES string of the molecule is Cc1ccc(C(=O)Nc2cnc(-n3cnc(C)c3C)nc2)cc1. The van der Waals surface area contributed by atoms with Crippen LogP contribution in [0.4, 0.5) is 5.69 Å². The lowest BCUT2D eigenvalue weighted by atomic mass is 10.1. The fourth-order valence-electron chi connectivity index (χ4n) is 2.12. The predicted octanol–water partition coefficient (Wildman–Crippen LogP) is 2.84. The van der Waals surface area contributed by atoms with Crippen LogP contribution in [0, 0.1) is 20.8 Å². The summed E-state index contributed by atoms with van der Waals surface area (Å²) in [4.78, 5) is 24.9. The summed E-state index contributed by atoms with van der Waals surface area (Å²) in [7, 11) is 0. The Labute approximate surface area is 134 Å². The van der Waals surface area contributed by atoms with Crippen LogP contribution in [0.1, 0.15) is 27.3 Å². The number of carbonyl (C=O) groups is 1. The van der Waals surface area contributed by atoms with Gasteiger partial charge in [-0.3, -0.25) is 9.36 Å². The number of anilines is 1. The van der Waals surface area contributed by atoms with Crippen molar-refractivity contribution in [1.82, 2.24) is 19.5 Å². The summed E-state index contributed by atoms with van der Waals surface area (Å²) < 4.78 is 1.81. The van der Waals surface area contributed by atoms with E-state index in [9.17, 15) is 4.79 Å². The molecule has 1 aromatic carbocycles. The van der Waals surface area contributed by atoms with Crippen molar-refractivity contribution in [2.45, 2.75) is 20.8 Å². The Morgan fingerprint density at radius 1 is 1.00 bits per heavy atom. The van der Waals surface area contributed by atoms with Gasteiger partial charge in [0, 0.05) is 11.3 Å². The molecule has 1 N–H and O–H groups in total. The van der Waals surface area contributed by atoms with Crippen molar-refractivity contribution in [1.29, 1.82) is 0 Å². The number of aromatic nitrogens is 4. The van der Waals surface area contributed by atoms with Crippen molar-refractivity contribution >= 4 is 11.6 Å². The van der Waals surface area contributed by atoms with Crippen LogP contribution in [-0.4, -0.2) is 25.4 Å². The lowest BCUT2D eigenvalue weighted by molar-refractivity contribution is 0.102. The second kappa shape index (κ2) is 6.00. The molecule has 0 bridgehead atoms. The summed E-state index contributed by atoms with van der Waals surface area (Å²) in [6.45, 7) is 5.87. The minimum absolute atomic E-state index is 0.184. The van der Waals surface area contributed by atoms with Crippen LogP contribution in [0.25, 0.3) is 5.95 Å². The van der Waals surface area contributed by atoms with Gasteiger partial charge in [0.15, 0.2) is 0 Å². The van der Waals surface area contributed by atoms with Gasteiger partial charge >= 0.3 is 0 Å². The van der Waals surface area contributed by atoms with E-state index in [-0.39, 0.29) is 5.91 Å². The van der Waals surface area contributed by atoms with Crippen molar-refractivity contribution in [3.63, 3.8) is 0 Å². The largest absolute Gasteiger partial charge is 0.319 e. The Morgan fingerprint density at radius 3 is 2.22 bits per heavy atom. The second-order valence-corrected chi connectivity index (χ2v) is 5.38. The van der Waals surface area contributed by atoms with Crippen molar-refractivity contribution in [3.05, 3.63) is 65.5 Å². The second-order valence-electron chi connectivity index (χ2n) is 5.38. The van der Waals surface area contributed by atoms with Crippen molar-refractivity contribution < 1.29 is 4.79 Å². The van der Waals surface area contributed by atoms with Gasteiger partial charge in [0.05, 0.1) is 23.8 Å². The fraction of sp³-hybridized carbons (Fsp3) is 0.176. The molecule has 6 nitrogen and oxygen atoms in total. The molecule has 0 aliphatic heterocycles. The van der Waals surface area contributed by atoms with Crippen LogP contribution in [0.2, 0.25) is 0 Å². The van der Waals surface area contributed by atoms with E-state index in [4.69, 9.17) is 0 Å². The first kappa shape index (κ1) is 14.9. The normalized spacial score (nSPS) is 10.6. The van der Waals surface area contributed by atoms with Crippen molar-refractivity contribution in [2.75, 3.05) is 5.32 Å². The molecule has 0 unspecified atom stereocenters. The molecule has 23 heavy (non-hydrogen) atoms. The summed E-state index contributed by atoms with van der Waals surface area (Å²) in [5, 5.41) is 2.79. The van der Waals surface area contributed by atoms with Crippen molar-refractivity contribution in [3.8, 4) is 5.95 Å². The molecule has 0 fully saturated rings. The third-order valence-corrected chi connectivity index (χ3v) is 3.68. The maximum Gasteiger partial charge on any atom is 0.255 e. The number of nitrogens with zero attached hydrogens (tertiary/aromatic N) is 4. The van der Waals surface area contributed by atoms with Crippen LogP contribution < -0.4 is 5.32 Å². The van der Waals surface area contributed by atoms with Crippen LogP contribution >= 0.6 is 0 Å². The molecule has 3 aromatic rings. The number of nitrogens with one attached hydrogen (secondary N) is 1. The van der Waals surface area contributed by atoms with Gasteiger partial charge < -0.3 is 5.32 Å². The van der Waals surface area contributed by atoms with Gasteiger partial charge in [0.25, 0.3) is 5.91 Å². The van der Waals surface area contributed by atoms with Gasteiger partial charge in [-0.2, -0.15) is 0 Å². The van der Waals surface area contributed by atoms with Crippen LogP contribution in [0.3, 0.4) is 0 Å². The molecule has 0 spiro atoms. The summed E-state index contributed by atoms with van der Waals surface area (Å²) in [5.41, 5.74) is 4.18. The van der Waals surface area contributed by atoms with Crippen molar-refractivity contribution in [2.24, 2.45) is 0 Å². The average molecular weight is 307 g/mol. The minimum Gasteiger partial charge on any atom is -0.319 e. The molecule has 0 saturated carbocycles. The topological polar surface area (TPSA) is 72.7 Å². The molecule has 2 heterocycles. The quantitative estimate of drug-likeness (QED) is 0.807. The number of imidazole rings is 1. The Morgan fingerprint density at radius 2 is 1.65 bits per heavy atom. The lowest BCUT2D eigenvalue weighted by Gasteiger charge is -2.07. The first-order valence-corrected chi connectivity index (χ1v) is 7.25. The maximum atomic E-state index is 12.2. The number of rotatable bonds is 3. The molecule has 3 rings (SSSR count). The predicted molar refractivity (Wildman–Crippen MR) is 87.8 cm³/mol. The highest BCUT2D eigenvalue weighted by Gasteiger charge is 2.09. The highest BCUT2D eigenvalue weighted by atomic mass is 16.1. The van der Waals surface area contributed by atoms with Gasteiger partial charge in [-0.1, -0.05) is 17.7 Å². The Kier molecular flexibility index (Phi) is 3.89. The molecule has 2 aromatic heterocycles. The molecule has 0 atom stereocenters. The zero-order valence-electron chi connectivity index (χ0n) is 13.2. The van der Waals surface area contributed by atoms with Crippen LogP contribution in [-0.2, 0) is 0 Å². The van der Waals surface area contributed by atoms with Gasteiger partial charge in [-0.15, -0.1) is 0 Å². The van der Waals surface area contributed by atoms with Gasteiger partial charge in [0.2, 0.25) is 5.95 Å². The van der Waals surface area contributed by atoms with E-state index in [0.29, 0.717) is 17.2 Å². The zero-order valence-corrected chi connectivity index (χ0v) is 13.2. The molecule has 0 radical (unpaired) electrons. The van der Waals surface area contributed by atoms with E-state index < -0.39 is 0 Å². The summed E-state index contributed by atoms with van der Waals surface area (Å²) >= 11 is 0. The van der Waals surface area contributed by atoms with E-state index in [1.807, 2.05) is 32.9 Å². The molecule has 0 aliphatic carbocycles. The Bertz CT molecular complexity index is 834. The zero-order chi connectivity index (χ0) is 16.4. The fourth-order valence-corrected chi connectivity index (χ4v) is 2.12. The molecule has 6 heteroatoms. The highest BCUT2D eigenvalue weighted by molar-refractivity contribution is 6.04. The lowest BCUT2D eigenvalue weighted by Crippen LogP contribution is -2.13. The average Bonchev–Trinajstić information content (AvgIpc) is 2.88. The van der Waals surface area contributed by atoms with Crippen LogP contribution in [0.5, 0.6) is 0 Å². The van der Waals surface area contributed by atoms with E-state index in [0.717, 1.165) is 17.0 Å².